The van der Waals surface area contributed by atoms with Crippen molar-refractivity contribution in [3.8, 4) is 5.75 Å². The topological polar surface area (TPSA) is 64.3 Å². The summed E-state index contributed by atoms with van der Waals surface area (Å²) in [7, 11) is 0. The molecule has 3 N–H and O–H groups in total. The molecule has 0 heterocycles. The molecule has 1 aromatic carbocycles. The lowest BCUT2D eigenvalue weighted by Gasteiger charge is -2.31. The Balaban J connectivity index is 1.90. The molecule has 2 atom stereocenters. The molecule has 134 valence electrons. The van der Waals surface area contributed by atoms with Crippen molar-refractivity contribution in [2.45, 2.75) is 50.9 Å². The predicted octanol–water partition coefficient (Wildman–Crippen LogP) is 3.15. The van der Waals surface area contributed by atoms with E-state index in [1.165, 1.54) is 18.2 Å². The maximum atomic E-state index is 12.4. The number of benzene rings is 1. The summed E-state index contributed by atoms with van der Waals surface area (Å²) in [5.74, 6) is -0.138. The maximum Gasteiger partial charge on any atom is 0.573 e. The average Bonchev–Trinajstić information content (AvgIpc) is 2.53. The van der Waals surface area contributed by atoms with Crippen LogP contribution in [0.3, 0.4) is 0 Å². The normalized spacial score (nSPS) is 21.3. The fourth-order valence-electron chi connectivity index (χ4n) is 3.14. The lowest BCUT2D eigenvalue weighted by atomic mass is 9.84. The Morgan fingerprint density at radius 2 is 1.96 bits per heavy atom. The van der Waals surface area contributed by atoms with Crippen LogP contribution in [-0.2, 0) is 11.2 Å². The molecule has 1 fully saturated rings. The number of amides is 1. The van der Waals surface area contributed by atoms with Gasteiger partial charge in [-0.1, -0.05) is 31.0 Å². The van der Waals surface area contributed by atoms with Crippen molar-refractivity contribution in [1.82, 2.24) is 5.32 Å². The van der Waals surface area contributed by atoms with Crippen molar-refractivity contribution >= 4 is 5.91 Å². The van der Waals surface area contributed by atoms with E-state index in [0.717, 1.165) is 25.7 Å². The zero-order chi connectivity index (χ0) is 17.6. The number of aryl methyl sites for hydroxylation is 1. The number of hydrogen-bond acceptors (Lipinski definition) is 3. The standard InChI is InChI=1S/C17H23F3N2O2/c18-17(19,20)24-15-8-4-2-5-12(15)9-10-16(23)22-14-7-3-1-6-13(14)11-21/h2,4-5,8,13-14H,1,3,6-7,9-11,21H2,(H,22,23). The second-order valence-corrected chi connectivity index (χ2v) is 6.11. The summed E-state index contributed by atoms with van der Waals surface area (Å²) in [4.78, 5) is 12.1. The summed E-state index contributed by atoms with van der Waals surface area (Å²) < 4.78 is 41.2. The van der Waals surface area contributed by atoms with Crippen molar-refractivity contribution < 1.29 is 22.7 Å². The van der Waals surface area contributed by atoms with Crippen LogP contribution in [0, 0.1) is 5.92 Å². The summed E-state index contributed by atoms with van der Waals surface area (Å²) in [6, 6.07) is 5.96. The van der Waals surface area contributed by atoms with Crippen LogP contribution in [0.15, 0.2) is 24.3 Å². The van der Waals surface area contributed by atoms with Crippen LogP contribution in [-0.4, -0.2) is 24.9 Å². The maximum absolute atomic E-state index is 12.4. The fraction of sp³-hybridized carbons (Fsp3) is 0.588. The lowest BCUT2D eigenvalue weighted by molar-refractivity contribution is -0.274. The second kappa shape index (κ2) is 8.37. The number of ether oxygens (including phenoxy) is 1. The minimum absolute atomic E-state index is 0.0675. The highest BCUT2D eigenvalue weighted by Crippen LogP contribution is 2.27. The highest BCUT2D eigenvalue weighted by molar-refractivity contribution is 5.76. The highest BCUT2D eigenvalue weighted by atomic mass is 19.4. The van der Waals surface area contributed by atoms with Crippen LogP contribution in [0.2, 0.25) is 0 Å². The molecule has 24 heavy (non-hydrogen) atoms. The predicted molar refractivity (Wildman–Crippen MR) is 84.4 cm³/mol. The molecule has 1 aromatic rings. The van der Waals surface area contributed by atoms with Crippen molar-refractivity contribution in [1.29, 1.82) is 0 Å². The van der Waals surface area contributed by atoms with Crippen LogP contribution in [0.1, 0.15) is 37.7 Å². The van der Waals surface area contributed by atoms with E-state index in [9.17, 15) is 18.0 Å². The first-order chi connectivity index (χ1) is 11.4. The number of carbonyl (C=O) groups excluding carboxylic acids is 1. The van der Waals surface area contributed by atoms with E-state index in [4.69, 9.17) is 5.73 Å². The first-order valence-electron chi connectivity index (χ1n) is 8.22. The Bertz CT molecular complexity index is 549. The zero-order valence-corrected chi connectivity index (χ0v) is 13.4. The van der Waals surface area contributed by atoms with Gasteiger partial charge in [-0.25, -0.2) is 0 Å². The summed E-state index contributed by atoms with van der Waals surface area (Å²) in [6.07, 6.45) is -0.343. The SMILES string of the molecule is NCC1CCCCC1NC(=O)CCc1ccccc1OC(F)(F)F. The summed E-state index contributed by atoms with van der Waals surface area (Å²) >= 11 is 0. The molecule has 4 nitrogen and oxygen atoms in total. The molecule has 2 unspecified atom stereocenters. The second-order valence-electron chi connectivity index (χ2n) is 6.11. The molecule has 0 radical (unpaired) electrons. The molecule has 0 aliphatic heterocycles. The first kappa shape index (κ1) is 18.6. The van der Waals surface area contributed by atoms with Gasteiger partial charge in [0, 0.05) is 12.5 Å². The van der Waals surface area contributed by atoms with Crippen LogP contribution >= 0.6 is 0 Å². The van der Waals surface area contributed by atoms with Crippen molar-refractivity contribution in [2.24, 2.45) is 11.7 Å². The largest absolute Gasteiger partial charge is 0.573 e. The van der Waals surface area contributed by atoms with Gasteiger partial charge in [-0.3, -0.25) is 4.79 Å². The van der Waals surface area contributed by atoms with Crippen molar-refractivity contribution in [3.05, 3.63) is 29.8 Å². The number of nitrogens with two attached hydrogens (primary N) is 1. The number of nitrogens with one attached hydrogen (secondary N) is 1. The molecular formula is C17H23F3N2O2. The van der Waals surface area contributed by atoms with Gasteiger partial charge in [0.25, 0.3) is 0 Å². The molecule has 1 aliphatic carbocycles. The third kappa shape index (κ3) is 5.70. The molecule has 0 saturated heterocycles. The Kier molecular flexibility index (Phi) is 6.48. The van der Waals surface area contributed by atoms with Gasteiger partial charge in [-0.05, 0) is 43.4 Å². The number of halogens is 3. The molecule has 1 amide bonds. The van der Waals surface area contributed by atoms with Crippen LogP contribution < -0.4 is 15.8 Å². The quantitative estimate of drug-likeness (QED) is 0.833. The molecule has 1 aliphatic rings. The van der Waals surface area contributed by atoms with E-state index in [2.05, 4.69) is 10.1 Å². The minimum Gasteiger partial charge on any atom is -0.406 e. The molecule has 2 rings (SSSR count). The number of hydrogen-bond donors (Lipinski definition) is 2. The number of para-hydroxylation sites is 1. The lowest BCUT2D eigenvalue weighted by Crippen LogP contribution is -2.44. The smallest absolute Gasteiger partial charge is 0.406 e. The van der Waals surface area contributed by atoms with E-state index in [1.807, 2.05) is 0 Å². The van der Waals surface area contributed by atoms with Crippen molar-refractivity contribution in [2.75, 3.05) is 6.54 Å². The molecule has 1 saturated carbocycles. The average molecular weight is 344 g/mol. The molecule has 0 spiro atoms. The molecule has 0 bridgehead atoms. The van der Waals surface area contributed by atoms with Gasteiger partial charge in [-0.2, -0.15) is 0 Å². The van der Waals surface area contributed by atoms with Gasteiger partial charge in [-0.15, -0.1) is 13.2 Å². The van der Waals surface area contributed by atoms with E-state index in [0.29, 0.717) is 12.1 Å². The monoisotopic (exact) mass is 344 g/mol. The van der Waals surface area contributed by atoms with E-state index in [1.54, 1.807) is 6.07 Å². The zero-order valence-electron chi connectivity index (χ0n) is 13.4. The Morgan fingerprint density at radius 3 is 2.67 bits per heavy atom. The molecule has 0 aromatic heterocycles. The van der Waals surface area contributed by atoms with Gasteiger partial charge in [0.1, 0.15) is 5.75 Å². The third-order valence-corrected chi connectivity index (χ3v) is 4.38. The van der Waals surface area contributed by atoms with Gasteiger partial charge in [0.05, 0.1) is 0 Å². The molecule has 7 heteroatoms. The highest BCUT2D eigenvalue weighted by Gasteiger charge is 2.32. The summed E-state index contributed by atoms with van der Waals surface area (Å²) in [6.45, 7) is 0.535. The summed E-state index contributed by atoms with van der Waals surface area (Å²) in [5.41, 5.74) is 6.10. The van der Waals surface area contributed by atoms with Crippen molar-refractivity contribution in [3.63, 3.8) is 0 Å². The Morgan fingerprint density at radius 1 is 1.25 bits per heavy atom. The van der Waals surface area contributed by atoms with Gasteiger partial charge >= 0.3 is 6.36 Å². The van der Waals surface area contributed by atoms with E-state index in [-0.39, 0.29) is 36.5 Å². The van der Waals surface area contributed by atoms with Crippen LogP contribution in [0.5, 0.6) is 5.75 Å². The van der Waals surface area contributed by atoms with E-state index < -0.39 is 6.36 Å². The third-order valence-electron chi connectivity index (χ3n) is 4.38. The number of rotatable bonds is 6. The Labute approximate surface area is 139 Å². The van der Waals surface area contributed by atoms with E-state index >= 15 is 0 Å². The summed E-state index contributed by atoms with van der Waals surface area (Å²) in [5, 5.41) is 2.98. The number of alkyl halides is 3. The number of carbonyl (C=O) groups is 1. The first-order valence-corrected chi connectivity index (χ1v) is 8.22. The van der Waals surface area contributed by atoms with Gasteiger partial charge in [0.2, 0.25) is 5.91 Å². The van der Waals surface area contributed by atoms with Gasteiger partial charge in [0.15, 0.2) is 0 Å². The van der Waals surface area contributed by atoms with Crippen LogP contribution in [0.4, 0.5) is 13.2 Å². The molecular weight excluding hydrogens is 321 g/mol. The minimum atomic E-state index is -4.74. The fourth-order valence-corrected chi connectivity index (χ4v) is 3.14. The Hall–Kier alpha value is -1.76. The van der Waals surface area contributed by atoms with Gasteiger partial charge < -0.3 is 15.8 Å². The van der Waals surface area contributed by atoms with Crippen LogP contribution in [0.25, 0.3) is 0 Å².